The lowest BCUT2D eigenvalue weighted by Gasteiger charge is -2.13. The molecule has 0 bridgehead atoms. The van der Waals surface area contributed by atoms with Crippen LogP contribution in [-0.4, -0.2) is 16.5 Å². The first-order valence-corrected chi connectivity index (χ1v) is 10.8. The molecule has 160 valence electrons. The molecule has 0 amide bonds. The van der Waals surface area contributed by atoms with E-state index >= 15 is 0 Å². The van der Waals surface area contributed by atoms with Gasteiger partial charge in [0.2, 0.25) is 0 Å². The third-order valence-corrected chi connectivity index (χ3v) is 5.15. The number of benzene rings is 3. The highest BCUT2D eigenvalue weighted by Gasteiger charge is 2.14. The highest BCUT2D eigenvalue weighted by molar-refractivity contribution is 7.41. The molecule has 1 unspecified atom stereocenters. The Labute approximate surface area is 188 Å². The lowest BCUT2D eigenvalue weighted by Crippen LogP contribution is -2.02. The smallest absolute Gasteiger partial charge is 0.418 e. The monoisotopic (exact) mass is 444 g/mol. The Hall–Kier alpha value is -3.79. The highest BCUT2D eigenvalue weighted by Crippen LogP contribution is 2.36. The molecule has 0 aliphatic rings. The van der Waals surface area contributed by atoms with Crippen molar-refractivity contribution in [3.05, 3.63) is 133 Å². The molecule has 5 nitrogen and oxygen atoms in total. The number of carbonyl (C=O) groups is 2. The van der Waals surface area contributed by atoms with Crippen LogP contribution in [0.1, 0.15) is 26.3 Å². The average molecular weight is 444 g/mol. The topological polar surface area (TPSA) is 72.8 Å². The molecule has 0 spiro atoms. The molecule has 0 radical (unpaired) electrons. The van der Waals surface area contributed by atoms with Crippen molar-refractivity contribution in [1.82, 2.24) is 0 Å². The van der Waals surface area contributed by atoms with Crippen molar-refractivity contribution < 1.29 is 23.5 Å². The first-order valence-electron chi connectivity index (χ1n) is 9.66. The van der Waals surface area contributed by atoms with Gasteiger partial charge in [-0.05, 0) is 48.5 Å². The van der Waals surface area contributed by atoms with Gasteiger partial charge in [-0.15, -0.1) is 0 Å². The van der Waals surface area contributed by atoms with Crippen LogP contribution in [0, 0.1) is 0 Å². The normalized spacial score (nSPS) is 11.8. The van der Waals surface area contributed by atoms with Gasteiger partial charge in [-0.3, -0.25) is 9.59 Å². The van der Waals surface area contributed by atoms with Crippen LogP contribution in [0.2, 0.25) is 0 Å². The molecule has 1 atom stereocenters. The molecule has 0 saturated heterocycles. The molecule has 0 aromatic heterocycles. The van der Waals surface area contributed by atoms with Gasteiger partial charge in [0, 0.05) is 22.3 Å². The third-order valence-electron chi connectivity index (χ3n) is 4.42. The Balaban J connectivity index is 1.59. The minimum Gasteiger partial charge on any atom is -0.418 e. The molecule has 0 heterocycles. The summed E-state index contributed by atoms with van der Waals surface area (Å²) in [5.41, 5.74) is 1.98. The SMILES string of the molecule is C=C/C=C(\C=C)C(=O)c1ccc(OP(O)Oc2ccc(C(=O)c3ccccc3)cc2)cc1. The van der Waals surface area contributed by atoms with Crippen molar-refractivity contribution in [3.8, 4) is 11.5 Å². The maximum Gasteiger partial charge on any atom is 0.460 e. The molecular weight excluding hydrogens is 423 g/mol. The maximum absolute atomic E-state index is 12.4. The number of ketones is 2. The van der Waals surface area contributed by atoms with E-state index in [4.69, 9.17) is 9.05 Å². The Morgan fingerprint density at radius 2 is 1.25 bits per heavy atom. The van der Waals surface area contributed by atoms with Crippen molar-refractivity contribution in [1.29, 1.82) is 0 Å². The summed E-state index contributed by atoms with van der Waals surface area (Å²) >= 11 is 0. The van der Waals surface area contributed by atoms with Gasteiger partial charge in [0.25, 0.3) is 0 Å². The molecule has 1 N–H and O–H groups in total. The molecule has 0 fully saturated rings. The van der Waals surface area contributed by atoms with Crippen molar-refractivity contribution in [2.75, 3.05) is 0 Å². The maximum atomic E-state index is 12.4. The lowest BCUT2D eigenvalue weighted by atomic mass is 10.0. The van der Waals surface area contributed by atoms with E-state index in [1.165, 1.54) is 12.2 Å². The second-order valence-electron chi connectivity index (χ2n) is 6.56. The summed E-state index contributed by atoms with van der Waals surface area (Å²) in [7, 11) is -2.26. The van der Waals surface area contributed by atoms with Gasteiger partial charge in [0.05, 0.1) is 0 Å². The number of allylic oxidation sites excluding steroid dienone is 4. The van der Waals surface area contributed by atoms with E-state index in [0.29, 0.717) is 33.8 Å². The molecule has 0 aliphatic carbocycles. The van der Waals surface area contributed by atoms with E-state index in [-0.39, 0.29) is 11.6 Å². The van der Waals surface area contributed by atoms with Crippen LogP contribution in [0.15, 0.2) is 116 Å². The zero-order valence-corrected chi connectivity index (χ0v) is 18.1. The Morgan fingerprint density at radius 1 is 0.750 bits per heavy atom. The van der Waals surface area contributed by atoms with Gasteiger partial charge in [-0.25, -0.2) is 0 Å². The summed E-state index contributed by atoms with van der Waals surface area (Å²) < 4.78 is 10.8. The highest BCUT2D eigenvalue weighted by atomic mass is 31.2. The lowest BCUT2D eigenvalue weighted by molar-refractivity contribution is 0.103. The Bertz CT molecular complexity index is 1130. The molecule has 0 aliphatic heterocycles. The van der Waals surface area contributed by atoms with Gasteiger partial charge in [-0.1, -0.05) is 61.7 Å². The summed E-state index contributed by atoms with van der Waals surface area (Å²) in [5.74, 6) is 0.412. The van der Waals surface area contributed by atoms with Crippen LogP contribution in [0.5, 0.6) is 11.5 Å². The minimum atomic E-state index is -2.26. The molecule has 6 heteroatoms. The van der Waals surface area contributed by atoms with Gasteiger partial charge in [-0.2, -0.15) is 0 Å². The van der Waals surface area contributed by atoms with Crippen molar-refractivity contribution in [2.24, 2.45) is 0 Å². The van der Waals surface area contributed by atoms with E-state index in [2.05, 4.69) is 13.2 Å². The zero-order chi connectivity index (χ0) is 22.9. The number of rotatable bonds is 10. The average Bonchev–Trinajstić information content (AvgIpc) is 2.83. The van der Waals surface area contributed by atoms with E-state index in [9.17, 15) is 14.5 Å². The van der Waals surface area contributed by atoms with Crippen LogP contribution in [0.25, 0.3) is 0 Å². The van der Waals surface area contributed by atoms with E-state index in [1.807, 2.05) is 6.07 Å². The summed E-state index contributed by atoms with van der Waals surface area (Å²) in [5, 5.41) is 0. The number of carbonyl (C=O) groups excluding carboxylic acids is 2. The molecule has 3 aromatic rings. The van der Waals surface area contributed by atoms with Crippen LogP contribution in [-0.2, 0) is 0 Å². The predicted molar refractivity (Wildman–Crippen MR) is 126 cm³/mol. The fourth-order valence-electron chi connectivity index (χ4n) is 2.82. The largest absolute Gasteiger partial charge is 0.460 e. The third kappa shape index (κ3) is 5.88. The second-order valence-corrected chi connectivity index (χ2v) is 7.40. The predicted octanol–water partition coefficient (Wildman–Crippen LogP) is 6.08. The van der Waals surface area contributed by atoms with Crippen molar-refractivity contribution >= 4 is 20.2 Å². The van der Waals surface area contributed by atoms with Gasteiger partial charge in [0.15, 0.2) is 11.6 Å². The van der Waals surface area contributed by atoms with Gasteiger partial charge < -0.3 is 13.9 Å². The van der Waals surface area contributed by atoms with Crippen LogP contribution in [0.3, 0.4) is 0 Å². The number of hydrogen-bond donors (Lipinski definition) is 1. The summed E-state index contributed by atoms with van der Waals surface area (Å²) in [4.78, 5) is 35.0. The minimum absolute atomic E-state index is 0.100. The quantitative estimate of drug-likeness (QED) is 0.178. The fourth-order valence-corrected chi connectivity index (χ4v) is 3.46. The number of Topliss-reactive ketones (excluding diaryl/α,β-unsaturated/α-hetero) is 1. The zero-order valence-electron chi connectivity index (χ0n) is 17.2. The summed E-state index contributed by atoms with van der Waals surface area (Å²) in [6.45, 7) is 7.21. The van der Waals surface area contributed by atoms with Crippen molar-refractivity contribution in [3.63, 3.8) is 0 Å². The summed E-state index contributed by atoms with van der Waals surface area (Å²) in [6, 6.07) is 21.7. The van der Waals surface area contributed by atoms with E-state index in [1.54, 1.807) is 78.9 Å². The summed E-state index contributed by atoms with van der Waals surface area (Å²) in [6.07, 6.45) is 4.57. The van der Waals surface area contributed by atoms with E-state index in [0.717, 1.165) is 0 Å². The van der Waals surface area contributed by atoms with Gasteiger partial charge >= 0.3 is 8.60 Å². The molecule has 3 rings (SSSR count). The molecule has 0 saturated carbocycles. The first kappa shape index (κ1) is 22.9. The Morgan fingerprint density at radius 3 is 1.75 bits per heavy atom. The number of hydrogen-bond acceptors (Lipinski definition) is 5. The molecule has 3 aromatic carbocycles. The van der Waals surface area contributed by atoms with Crippen molar-refractivity contribution in [2.45, 2.75) is 0 Å². The Kier molecular flexibility index (Phi) is 7.87. The van der Waals surface area contributed by atoms with Crippen LogP contribution < -0.4 is 9.05 Å². The molecular formula is C26H21O5P. The van der Waals surface area contributed by atoms with Crippen LogP contribution in [0.4, 0.5) is 0 Å². The fraction of sp³-hybridized carbons (Fsp3) is 0. The second kappa shape index (κ2) is 11.0. The molecule has 32 heavy (non-hydrogen) atoms. The van der Waals surface area contributed by atoms with Gasteiger partial charge in [0.1, 0.15) is 11.5 Å². The standard InChI is InChI=1S/C26H21O5P/c1-3-8-19(4-2)25(27)21-11-15-23(16-12-21)30-32(29)31-24-17-13-22(14-18-24)26(28)20-9-6-5-7-10-20/h3-18,29H,1-2H2/b19-8+. The van der Waals surface area contributed by atoms with E-state index < -0.39 is 8.60 Å². The first-order chi connectivity index (χ1) is 15.5. The van der Waals surface area contributed by atoms with Crippen LogP contribution >= 0.6 is 8.60 Å².